The highest BCUT2D eigenvalue weighted by Crippen LogP contribution is 2.25. The maximum absolute atomic E-state index is 14.0. The summed E-state index contributed by atoms with van der Waals surface area (Å²) in [6.45, 7) is 2.58. The lowest BCUT2D eigenvalue weighted by Crippen LogP contribution is -2.26. The second-order valence-electron chi connectivity index (χ2n) is 4.86. The number of hydrogen-bond acceptors (Lipinski definition) is 2. The van der Waals surface area contributed by atoms with Gasteiger partial charge in [-0.3, -0.25) is 4.98 Å². The molecule has 5 heteroatoms. The molecular weight excluding hydrogens is 277 g/mol. The predicted octanol–water partition coefficient (Wildman–Crippen LogP) is 3.78. The molecule has 2 nitrogen and oxygen atoms in total. The number of pyridine rings is 1. The van der Waals surface area contributed by atoms with Crippen LogP contribution in [0.4, 0.5) is 13.2 Å². The van der Waals surface area contributed by atoms with Gasteiger partial charge in [-0.05, 0) is 31.0 Å². The molecule has 1 N–H and O–H groups in total. The third-order valence-corrected chi connectivity index (χ3v) is 3.20. The zero-order valence-electron chi connectivity index (χ0n) is 11.7. The molecule has 0 bridgehead atoms. The van der Waals surface area contributed by atoms with Crippen molar-refractivity contribution in [2.45, 2.75) is 25.8 Å². The van der Waals surface area contributed by atoms with Crippen LogP contribution in [0, 0.1) is 17.5 Å². The third kappa shape index (κ3) is 4.04. The van der Waals surface area contributed by atoms with Crippen molar-refractivity contribution >= 4 is 0 Å². The number of halogens is 3. The Morgan fingerprint density at radius 3 is 2.48 bits per heavy atom. The SMILES string of the molecule is CCCNC(Cc1cccnc1)c1c(F)cc(F)cc1F. The Balaban J connectivity index is 2.32. The molecule has 2 rings (SSSR count). The third-order valence-electron chi connectivity index (χ3n) is 3.20. The first-order valence-corrected chi connectivity index (χ1v) is 6.88. The largest absolute Gasteiger partial charge is 0.309 e. The number of benzene rings is 1. The molecule has 0 fully saturated rings. The molecule has 0 saturated heterocycles. The van der Waals surface area contributed by atoms with Crippen molar-refractivity contribution in [3.05, 3.63) is 65.2 Å². The molecule has 0 spiro atoms. The fourth-order valence-electron chi connectivity index (χ4n) is 2.24. The lowest BCUT2D eigenvalue weighted by atomic mass is 9.98. The standard InChI is InChI=1S/C16H17F3N2/c1-2-5-21-15(7-11-4-3-6-20-10-11)16-13(18)8-12(17)9-14(16)19/h3-4,6,8-10,15,21H,2,5,7H2,1H3. The van der Waals surface area contributed by atoms with E-state index >= 15 is 0 Å². The molecule has 1 heterocycles. The lowest BCUT2D eigenvalue weighted by Gasteiger charge is -2.20. The predicted molar refractivity (Wildman–Crippen MR) is 75.3 cm³/mol. The molecule has 1 aromatic carbocycles. The maximum atomic E-state index is 14.0. The Kier molecular flexibility index (Phi) is 5.33. The average molecular weight is 294 g/mol. The van der Waals surface area contributed by atoms with Gasteiger partial charge in [0.05, 0.1) is 0 Å². The highest BCUT2D eigenvalue weighted by Gasteiger charge is 2.21. The summed E-state index contributed by atoms with van der Waals surface area (Å²) in [5.74, 6) is -2.65. The molecule has 1 unspecified atom stereocenters. The topological polar surface area (TPSA) is 24.9 Å². The molecule has 2 aromatic rings. The summed E-state index contributed by atoms with van der Waals surface area (Å²) in [4.78, 5) is 4.00. The molecule has 0 aliphatic rings. The van der Waals surface area contributed by atoms with Crippen molar-refractivity contribution in [2.75, 3.05) is 6.54 Å². The molecule has 21 heavy (non-hydrogen) atoms. The first kappa shape index (κ1) is 15.5. The van der Waals surface area contributed by atoms with Crippen molar-refractivity contribution < 1.29 is 13.2 Å². The minimum Gasteiger partial charge on any atom is -0.309 e. The summed E-state index contributed by atoms with van der Waals surface area (Å²) in [5.41, 5.74) is 0.725. The van der Waals surface area contributed by atoms with E-state index in [0.29, 0.717) is 25.1 Å². The molecule has 0 aliphatic heterocycles. The van der Waals surface area contributed by atoms with Gasteiger partial charge >= 0.3 is 0 Å². The van der Waals surface area contributed by atoms with Crippen LogP contribution in [-0.4, -0.2) is 11.5 Å². The Bertz CT molecular complexity index is 564. The van der Waals surface area contributed by atoms with Crippen LogP contribution in [0.1, 0.15) is 30.5 Å². The van der Waals surface area contributed by atoms with Gasteiger partial charge in [0.1, 0.15) is 17.5 Å². The number of nitrogens with one attached hydrogen (secondary N) is 1. The zero-order valence-corrected chi connectivity index (χ0v) is 11.7. The van der Waals surface area contributed by atoms with E-state index in [1.807, 2.05) is 13.0 Å². The monoisotopic (exact) mass is 294 g/mol. The number of aromatic nitrogens is 1. The van der Waals surface area contributed by atoms with E-state index in [1.54, 1.807) is 18.5 Å². The van der Waals surface area contributed by atoms with Gasteiger partial charge in [-0.2, -0.15) is 0 Å². The van der Waals surface area contributed by atoms with E-state index in [0.717, 1.165) is 12.0 Å². The maximum Gasteiger partial charge on any atom is 0.133 e. The van der Waals surface area contributed by atoms with Gasteiger partial charge in [0.15, 0.2) is 0 Å². The summed E-state index contributed by atoms with van der Waals surface area (Å²) in [7, 11) is 0. The Morgan fingerprint density at radius 1 is 1.19 bits per heavy atom. The van der Waals surface area contributed by atoms with Gasteiger partial charge in [-0.1, -0.05) is 13.0 Å². The average Bonchev–Trinajstić information content (AvgIpc) is 2.44. The summed E-state index contributed by atoms with van der Waals surface area (Å²) in [5, 5.41) is 3.11. The second-order valence-corrected chi connectivity index (χ2v) is 4.86. The van der Waals surface area contributed by atoms with Crippen molar-refractivity contribution in [3.63, 3.8) is 0 Å². The first-order valence-electron chi connectivity index (χ1n) is 6.88. The van der Waals surface area contributed by atoms with E-state index in [1.165, 1.54) is 0 Å². The van der Waals surface area contributed by atoms with Gasteiger partial charge in [-0.25, -0.2) is 13.2 Å². The van der Waals surface area contributed by atoms with Gasteiger partial charge in [0, 0.05) is 36.1 Å². The van der Waals surface area contributed by atoms with Crippen molar-refractivity contribution in [1.82, 2.24) is 10.3 Å². The normalized spacial score (nSPS) is 12.4. The molecular formula is C16H17F3N2. The minimum atomic E-state index is -0.913. The Morgan fingerprint density at radius 2 is 1.90 bits per heavy atom. The van der Waals surface area contributed by atoms with Gasteiger partial charge in [0.25, 0.3) is 0 Å². The van der Waals surface area contributed by atoms with E-state index in [9.17, 15) is 13.2 Å². The smallest absolute Gasteiger partial charge is 0.133 e. The van der Waals surface area contributed by atoms with Crippen molar-refractivity contribution in [1.29, 1.82) is 0 Å². The van der Waals surface area contributed by atoms with E-state index in [2.05, 4.69) is 10.3 Å². The van der Waals surface area contributed by atoms with E-state index in [-0.39, 0.29) is 5.56 Å². The quantitative estimate of drug-likeness (QED) is 0.877. The van der Waals surface area contributed by atoms with Crippen LogP contribution >= 0.6 is 0 Å². The Hall–Kier alpha value is -1.88. The molecule has 0 amide bonds. The van der Waals surface area contributed by atoms with Crippen LogP contribution in [0.2, 0.25) is 0 Å². The van der Waals surface area contributed by atoms with Gasteiger partial charge < -0.3 is 5.32 Å². The fourth-order valence-corrected chi connectivity index (χ4v) is 2.24. The van der Waals surface area contributed by atoms with Crippen LogP contribution in [0.3, 0.4) is 0 Å². The highest BCUT2D eigenvalue weighted by atomic mass is 19.1. The van der Waals surface area contributed by atoms with Gasteiger partial charge in [-0.15, -0.1) is 0 Å². The van der Waals surface area contributed by atoms with Crippen molar-refractivity contribution in [2.24, 2.45) is 0 Å². The first-order chi connectivity index (χ1) is 10.1. The fraction of sp³-hybridized carbons (Fsp3) is 0.312. The minimum absolute atomic E-state index is 0.131. The van der Waals surface area contributed by atoms with Crippen LogP contribution < -0.4 is 5.32 Å². The van der Waals surface area contributed by atoms with Crippen LogP contribution in [0.5, 0.6) is 0 Å². The molecule has 0 radical (unpaired) electrons. The summed E-state index contributed by atoms with van der Waals surface area (Å²) in [6.07, 6.45) is 4.50. The van der Waals surface area contributed by atoms with E-state index < -0.39 is 23.5 Å². The molecule has 1 atom stereocenters. The van der Waals surface area contributed by atoms with Crippen LogP contribution in [0.25, 0.3) is 0 Å². The number of rotatable bonds is 6. The summed E-state index contributed by atoms with van der Waals surface area (Å²) >= 11 is 0. The molecule has 1 aromatic heterocycles. The van der Waals surface area contributed by atoms with E-state index in [4.69, 9.17) is 0 Å². The zero-order chi connectivity index (χ0) is 15.2. The molecule has 0 aliphatic carbocycles. The summed E-state index contributed by atoms with van der Waals surface area (Å²) < 4.78 is 41.0. The van der Waals surface area contributed by atoms with Crippen LogP contribution in [0.15, 0.2) is 36.7 Å². The second kappa shape index (κ2) is 7.22. The van der Waals surface area contributed by atoms with Crippen molar-refractivity contribution in [3.8, 4) is 0 Å². The Labute approximate surface area is 122 Å². The number of hydrogen-bond donors (Lipinski definition) is 1. The molecule has 112 valence electrons. The number of nitrogens with zero attached hydrogens (tertiary/aromatic N) is 1. The van der Waals surface area contributed by atoms with Crippen LogP contribution in [-0.2, 0) is 6.42 Å². The highest BCUT2D eigenvalue weighted by molar-refractivity contribution is 5.26. The van der Waals surface area contributed by atoms with Gasteiger partial charge in [0.2, 0.25) is 0 Å². The summed E-state index contributed by atoms with van der Waals surface area (Å²) in [6, 6.07) is 4.47. The molecule has 0 saturated carbocycles. The lowest BCUT2D eigenvalue weighted by molar-refractivity contribution is 0.455.